The number of rotatable bonds is 3. The first-order valence-corrected chi connectivity index (χ1v) is 5.20. The molecule has 1 aromatic rings. The Labute approximate surface area is 110 Å². The Morgan fingerprint density at radius 1 is 1.28 bits per heavy atom. The van der Waals surface area contributed by atoms with Gasteiger partial charge >= 0.3 is 12.1 Å². The van der Waals surface area contributed by atoms with Gasteiger partial charge in [0, 0.05) is 5.69 Å². The van der Waals surface area contributed by atoms with Crippen LogP contribution in [0.4, 0.5) is 18.9 Å². The minimum absolute atomic E-state index is 0.0192. The van der Waals surface area contributed by atoms with Crippen molar-refractivity contribution in [3.8, 4) is 0 Å². The van der Waals surface area contributed by atoms with E-state index in [1.54, 1.807) is 0 Å². The van der Waals surface area contributed by atoms with Crippen LogP contribution in [0.15, 0.2) is 34.5 Å². The van der Waals surface area contributed by atoms with E-state index in [2.05, 4.69) is 5.32 Å². The second-order valence-corrected chi connectivity index (χ2v) is 3.89. The molecule has 1 rings (SSSR count). The number of nitrogens with one attached hydrogen (secondary N) is 1. The first-order chi connectivity index (χ1) is 8.21. The van der Waals surface area contributed by atoms with E-state index in [0.29, 0.717) is 0 Å². The molecule has 0 radical (unpaired) electrons. The molecule has 18 heavy (non-hydrogen) atoms. The molecule has 2 N–H and O–H groups in total. The zero-order chi connectivity index (χ0) is 13.9. The van der Waals surface area contributed by atoms with Crippen LogP contribution in [0.25, 0.3) is 0 Å². The van der Waals surface area contributed by atoms with E-state index >= 15 is 0 Å². The van der Waals surface area contributed by atoms with Crippen molar-refractivity contribution < 1.29 is 23.1 Å². The molecule has 0 unspecified atom stereocenters. The van der Waals surface area contributed by atoms with Crippen molar-refractivity contribution in [2.45, 2.75) is 6.18 Å². The highest BCUT2D eigenvalue weighted by atomic mass is 35.5. The zero-order valence-corrected chi connectivity index (χ0v) is 10.1. The number of alkyl halides is 3. The maximum Gasteiger partial charge on any atom is 0.416 e. The first kappa shape index (κ1) is 14.7. The summed E-state index contributed by atoms with van der Waals surface area (Å²) >= 11 is 10.8. The van der Waals surface area contributed by atoms with Gasteiger partial charge in [-0.25, -0.2) is 4.79 Å². The Bertz CT molecular complexity index is 500. The van der Waals surface area contributed by atoms with Crippen LogP contribution in [0.5, 0.6) is 0 Å². The van der Waals surface area contributed by atoms with Crippen LogP contribution in [0, 0.1) is 0 Å². The molecule has 1 aromatic carbocycles. The molecular weight excluding hydrogens is 294 g/mol. The molecule has 0 amide bonds. The minimum atomic E-state index is -4.50. The van der Waals surface area contributed by atoms with E-state index in [-0.39, 0.29) is 5.69 Å². The number of anilines is 1. The predicted molar refractivity (Wildman–Crippen MR) is 61.4 cm³/mol. The third-order valence-corrected chi connectivity index (χ3v) is 2.56. The van der Waals surface area contributed by atoms with Crippen LogP contribution >= 0.6 is 23.2 Å². The fraction of sp³-hybridized carbons (Fsp3) is 0.100. The molecule has 0 aromatic heterocycles. The second kappa shape index (κ2) is 5.49. The largest absolute Gasteiger partial charge is 0.477 e. The van der Waals surface area contributed by atoms with E-state index in [4.69, 9.17) is 28.3 Å². The predicted octanol–water partition coefficient (Wildman–Crippen LogP) is 3.85. The van der Waals surface area contributed by atoms with E-state index in [1.165, 1.54) is 6.07 Å². The van der Waals surface area contributed by atoms with Gasteiger partial charge in [0.15, 0.2) is 5.03 Å². The van der Waals surface area contributed by atoms with Crippen LogP contribution in [-0.4, -0.2) is 11.1 Å². The monoisotopic (exact) mass is 299 g/mol. The Morgan fingerprint density at radius 2 is 1.89 bits per heavy atom. The molecule has 0 aliphatic heterocycles. The lowest BCUT2D eigenvalue weighted by Gasteiger charge is -2.10. The van der Waals surface area contributed by atoms with E-state index in [1.807, 2.05) is 0 Å². The Morgan fingerprint density at radius 3 is 2.39 bits per heavy atom. The molecule has 0 spiro atoms. The zero-order valence-electron chi connectivity index (χ0n) is 8.55. The number of carboxylic acids is 1. The number of carboxylic acid groups (broad SMARTS) is 1. The Balaban J connectivity index is 3.00. The average Bonchev–Trinajstić information content (AvgIpc) is 2.27. The van der Waals surface area contributed by atoms with Crippen molar-refractivity contribution in [2.75, 3.05) is 5.32 Å². The summed E-state index contributed by atoms with van der Waals surface area (Å²) in [6.07, 6.45) is -4.50. The minimum Gasteiger partial charge on any atom is -0.477 e. The molecule has 8 heteroatoms. The molecule has 0 saturated heterocycles. The number of carbonyl (C=O) groups is 1. The summed E-state index contributed by atoms with van der Waals surface area (Å²) in [5.74, 6) is -1.49. The van der Waals surface area contributed by atoms with Crippen molar-refractivity contribution in [1.29, 1.82) is 0 Å². The molecule has 0 aliphatic rings. The Kier molecular flexibility index (Phi) is 4.48. The summed E-state index contributed by atoms with van der Waals surface area (Å²) in [6, 6.07) is 4.11. The quantitative estimate of drug-likeness (QED) is 0.658. The number of hydrogen-bond donors (Lipinski definition) is 2. The molecule has 0 saturated carbocycles. The average molecular weight is 300 g/mol. The molecule has 0 fully saturated rings. The molecule has 3 nitrogen and oxygen atoms in total. The van der Waals surface area contributed by atoms with Crippen LogP contribution in [0.3, 0.4) is 0 Å². The van der Waals surface area contributed by atoms with Gasteiger partial charge in [-0.1, -0.05) is 29.3 Å². The molecular formula is C10H6Cl2F3NO2. The fourth-order valence-corrected chi connectivity index (χ4v) is 1.29. The van der Waals surface area contributed by atoms with Gasteiger partial charge in [-0.2, -0.15) is 13.2 Å². The van der Waals surface area contributed by atoms with Crippen molar-refractivity contribution in [3.05, 3.63) is 40.0 Å². The van der Waals surface area contributed by atoms with Gasteiger partial charge in [0.1, 0.15) is 5.16 Å². The lowest BCUT2D eigenvalue weighted by atomic mass is 10.2. The molecule has 0 bridgehead atoms. The summed E-state index contributed by atoms with van der Waals surface area (Å²) in [7, 11) is 0. The normalized spacial score (nSPS) is 12.9. The number of hydrogen-bond acceptors (Lipinski definition) is 2. The highest BCUT2D eigenvalue weighted by Gasteiger charge is 2.30. The summed E-state index contributed by atoms with van der Waals surface area (Å²) in [5.41, 5.74) is -0.905. The van der Waals surface area contributed by atoms with Gasteiger partial charge in [0.05, 0.1) is 5.56 Å². The molecule has 98 valence electrons. The topological polar surface area (TPSA) is 49.3 Å². The summed E-state index contributed by atoms with van der Waals surface area (Å²) in [5, 5.41) is 9.60. The van der Waals surface area contributed by atoms with Crippen LogP contribution < -0.4 is 5.32 Å². The summed E-state index contributed by atoms with van der Waals surface area (Å²) in [4.78, 5) is 10.5. The molecule has 0 heterocycles. The van der Waals surface area contributed by atoms with Crippen molar-refractivity contribution in [2.24, 2.45) is 0 Å². The SMILES string of the molecule is O=C(O)/C(Cl)=C(\Cl)Nc1cccc(C(F)(F)F)c1. The lowest BCUT2D eigenvalue weighted by Crippen LogP contribution is -2.06. The highest BCUT2D eigenvalue weighted by Crippen LogP contribution is 2.31. The van der Waals surface area contributed by atoms with Gasteiger partial charge in [-0.15, -0.1) is 0 Å². The number of benzene rings is 1. The van der Waals surface area contributed by atoms with Crippen LogP contribution in [0.2, 0.25) is 0 Å². The summed E-state index contributed by atoms with van der Waals surface area (Å²) in [6.45, 7) is 0. The van der Waals surface area contributed by atoms with Gasteiger partial charge in [0.2, 0.25) is 0 Å². The van der Waals surface area contributed by atoms with Crippen LogP contribution in [-0.2, 0) is 11.0 Å². The molecule has 0 atom stereocenters. The lowest BCUT2D eigenvalue weighted by molar-refractivity contribution is -0.137. The number of aliphatic carboxylic acids is 1. The van der Waals surface area contributed by atoms with Crippen LogP contribution in [0.1, 0.15) is 5.56 Å². The van der Waals surface area contributed by atoms with Gasteiger partial charge in [-0.3, -0.25) is 0 Å². The standard InChI is InChI=1S/C10H6Cl2F3NO2/c11-7(9(17)18)8(12)16-6-3-1-2-5(4-6)10(13,14)15/h1-4,16H,(H,17,18)/b8-7-. The van der Waals surface area contributed by atoms with E-state index in [9.17, 15) is 18.0 Å². The maximum absolute atomic E-state index is 12.4. The third-order valence-electron chi connectivity index (χ3n) is 1.82. The maximum atomic E-state index is 12.4. The van der Waals surface area contributed by atoms with E-state index < -0.39 is 27.9 Å². The van der Waals surface area contributed by atoms with E-state index in [0.717, 1.165) is 18.2 Å². The second-order valence-electron chi connectivity index (χ2n) is 3.14. The van der Waals surface area contributed by atoms with Crippen molar-refractivity contribution >= 4 is 34.9 Å². The highest BCUT2D eigenvalue weighted by molar-refractivity contribution is 6.47. The fourth-order valence-electron chi connectivity index (χ4n) is 1.05. The van der Waals surface area contributed by atoms with Crippen molar-refractivity contribution in [1.82, 2.24) is 0 Å². The third kappa shape index (κ3) is 3.82. The van der Waals surface area contributed by atoms with Crippen molar-refractivity contribution in [3.63, 3.8) is 0 Å². The smallest absolute Gasteiger partial charge is 0.416 e. The summed E-state index contributed by atoms with van der Waals surface area (Å²) < 4.78 is 37.2. The number of halogens is 5. The van der Waals surface area contributed by atoms with Gasteiger partial charge in [-0.05, 0) is 18.2 Å². The van der Waals surface area contributed by atoms with Gasteiger partial charge in [0.25, 0.3) is 0 Å². The Hall–Kier alpha value is -1.40. The first-order valence-electron chi connectivity index (χ1n) is 4.44. The molecule has 0 aliphatic carbocycles. The van der Waals surface area contributed by atoms with Gasteiger partial charge < -0.3 is 10.4 Å².